The number of nitrogens with zero attached hydrogens (tertiary/aromatic N) is 4. The van der Waals surface area contributed by atoms with Gasteiger partial charge in [0.05, 0.1) is 17.6 Å². The van der Waals surface area contributed by atoms with E-state index in [0.29, 0.717) is 11.6 Å². The highest BCUT2D eigenvalue weighted by Gasteiger charge is 2.13. The normalized spacial score (nSPS) is 11.3. The van der Waals surface area contributed by atoms with Gasteiger partial charge in [-0.1, -0.05) is 39.7 Å². The van der Waals surface area contributed by atoms with Gasteiger partial charge in [-0.25, -0.2) is 9.97 Å². The second kappa shape index (κ2) is 6.65. The Hall–Kier alpha value is -2.11. The van der Waals surface area contributed by atoms with E-state index in [4.69, 9.17) is 16.6 Å². The summed E-state index contributed by atoms with van der Waals surface area (Å²) in [6.07, 6.45) is 3.79. The lowest BCUT2D eigenvalue weighted by atomic mass is 10.2. The maximum atomic E-state index is 6.13. The van der Waals surface area contributed by atoms with Crippen molar-refractivity contribution in [3.05, 3.63) is 70.2 Å². The average molecular weight is 416 g/mol. The quantitative estimate of drug-likeness (QED) is 0.448. The van der Waals surface area contributed by atoms with Crippen molar-refractivity contribution in [2.45, 2.75) is 20.0 Å². The molecule has 6 heteroatoms. The number of aromatic nitrogens is 4. The Bertz CT molecular complexity index is 1050. The first-order valence-corrected chi connectivity index (χ1v) is 9.24. The van der Waals surface area contributed by atoms with Crippen molar-refractivity contribution < 1.29 is 0 Å². The van der Waals surface area contributed by atoms with Crippen molar-refractivity contribution in [3.8, 4) is 11.4 Å². The maximum Gasteiger partial charge on any atom is 0.140 e. The fraction of sp³-hybridized carbons (Fsp3) is 0.158. The zero-order valence-electron chi connectivity index (χ0n) is 13.7. The molecule has 4 nitrogen and oxygen atoms in total. The molecule has 4 aromatic rings. The van der Waals surface area contributed by atoms with E-state index in [2.05, 4.69) is 55.2 Å². The summed E-state index contributed by atoms with van der Waals surface area (Å²) < 4.78 is 5.38. The molecule has 0 aliphatic heterocycles. The molecule has 0 aliphatic carbocycles. The molecule has 0 spiro atoms. The van der Waals surface area contributed by atoms with Crippen LogP contribution in [0.15, 0.2) is 59.3 Å². The summed E-state index contributed by atoms with van der Waals surface area (Å²) in [6, 6.07) is 14.0. The highest BCUT2D eigenvalue weighted by atomic mass is 79.9. The number of benzene rings is 2. The van der Waals surface area contributed by atoms with Crippen molar-refractivity contribution >= 4 is 38.6 Å². The SMILES string of the molecule is CCn1c(Cn2ccnc2-c2cccc(Cl)c2)nc2cc(Br)ccc21. The Balaban J connectivity index is 1.77. The minimum absolute atomic E-state index is 0.655. The molecular weight excluding hydrogens is 400 g/mol. The minimum Gasteiger partial charge on any atom is -0.327 e. The van der Waals surface area contributed by atoms with Crippen LogP contribution in [0.5, 0.6) is 0 Å². The van der Waals surface area contributed by atoms with Crippen molar-refractivity contribution in [2.24, 2.45) is 0 Å². The summed E-state index contributed by atoms with van der Waals surface area (Å²) in [4.78, 5) is 9.34. The van der Waals surface area contributed by atoms with E-state index in [0.717, 1.165) is 39.3 Å². The molecule has 0 amide bonds. The van der Waals surface area contributed by atoms with Gasteiger partial charge < -0.3 is 9.13 Å². The topological polar surface area (TPSA) is 35.6 Å². The van der Waals surface area contributed by atoms with E-state index < -0.39 is 0 Å². The van der Waals surface area contributed by atoms with Crippen LogP contribution in [0.4, 0.5) is 0 Å². The van der Waals surface area contributed by atoms with Crippen molar-refractivity contribution in [3.63, 3.8) is 0 Å². The van der Waals surface area contributed by atoms with Gasteiger partial charge in [0, 0.05) is 34.0 Å². The number of aryl methyl sites for hydroxylation is 1. The highest BCUT2D eigenvalue weighted by Crippen LogP contribution is 2.24. The summed E-state index contributed by atoms with van der Waals surface area (Å²) in [5.41, 5.74) is 3.14. The van der Waals surface area contributed by atoms with Crippen LogP contribution in [0.25, 0.3) is 22.4 Å². The van der Waals surface area contributed by atoms with E-state index in [1.807, 2.05) is 36.7 Å². The average Bonchev–Trinajstić information content (AvgIpc) is 3.18. The fourth-order valence-electron chi connectivity index (χ4n) is 3.10. The zero-order chi connectivity index (χ0) is 17.4. The number of hydrogen-bond donors (Lipinski definition) is 0. The Morgan fingerprint density at radius 2 is 2.04 bits per heavy atom. The largest absolute Gasteiger partial charge is 0.327 e. The molecule has 0 unspecified atom stereocenters. The molecule has 2 aromatic heterocycles. The predicted molar refractivity (Wildman–Crippen MR) is 105 cm³/mol. The molecule has 25 heavy (non-hydrogen) atoms. The molecular formula is C19H16BrClN4. The minimum atomic E-state index is 0.655. The molecule has 2 heterocycles. The van der Waals surface area contributed by atoms with Gasteiger partial charge in [0.2, 0.25) is 0 Å². The second-order valence-corrected chi connectivity index (χ2v) is 7.15. The van der Waals surface area contributed by atoms with Crippen LogP contribution in [0, 0.1) is 0 Å². The third-order valence-electron chi connectivity index (χ3n) is 4.22. The molecule has 0 atom stereocenters. The van der Waals surface area contributed by atoms with Crippen molar-refractivity contribution in [2.75, 3.05) is 0 Å². The maximum absolute atomic E-state index is 6.13. The number of imidazole rings is 2. The molecule has 0 radical (unpaired) electrons. The Morgan fingerprint density at radius 3 is 2.84 bits per heavy atom. The summed E-state index contributed by atoms with van der Waals surface area (Å²) in [6.45, 7) is 3.66. The van der Waals surface area contributed by atoms with Crippen LogP contribution in [-0.4, -0.2) is 19.1 Å². The first-order chi connectivity index (χ1) is 12.2. The molecule has 2 aromatic carbocycles. The van der Waals surface area contributed by atoms with E-state index in [9.17, 15) is 0 Å². The second-order valence-electron chi connectivity index (χ2n) is 5.79. The van der Waals surface area contributed by atoms with Crippen molar-refractivity contribution in [1.82, 2.24) is 19.1 Å². The summed E-state index contributed by atoms with van der Waals surface area (Å²) in [5.74, 6) is 1.90. The molecule has 126 valence electrons. The molecule has 0 bridgehead atoms. The molecule has 0 aliphatic rings. The Kier molecular flexibility index (Phi) is 4.36. The van der Waals surface area contributed by atoms with Gasteiger partial charge in [0.15, 0.2) is 0 Å². The number of rotatable bonds is 4. The molecule has 0 N–H and O–H groups in total. The van der Waals surface area contributed by atoms with Crippen LogP contribution in [0.3, 0.4) is 0 Å². The lowest BCUT2D eigenvalue weighted by Gasteiger charge is -2.10. The van der Waals surface area contributed by atoms with Crippen LogP contribution in [0.2, 0.25) is 5.02 Å². The number of hydrogen-bond acceptors (Lipinski definition) is 2. The van der Waals surface area contributed by atoms with Gasteiger partial charge in [0.1, 0.15) is 11.6 Å². The van der Waals surface area contributed by atoms with Gasteiger partial charge in [0.25, 0.3) is 0 Å². The third kappa shape index (κ3) is 3.10. The van der Waals surface area contributed by atoms with E-state index in [1.165, 1.54) is 0 Å². The Labute approximate surface area is 159 Å². The third-order valence-corrected chi connectivity index (χ3v) is 4.94. The van der Waals surface area contributed by atoms with Gasteiger partial charge in [-0.2, -0.15) is 0 Å². The summed E-state index contributed by atoms with van der Waals surface area (Å²) >= 11 is 9.65. The van der Waals surface area contributed by atoms with Gasteiger partial charge in [-0.3, -0.25) is 0 Å². The molecule has 0 saturated heterocycles. The van der Waals surface area contributed by atoms with Gasteiger partial charge in [-0.15, -0.1) is 0 Å². The predicted octanol–water partition coefficient (Wildman–Crippen LogP) is 5.38. The van der Waals surface area contributed by atoms with Gasteiger partial charge in [-0.05, 0) is 37.3 Å². The molecule has 0 fully saturated rings. The standard InChI is InChI=1S/C19H16BrClN4/c1-2-25-17-7-6-14(20)11-16(17)23-18(25)12-24-9-8-22-19(24)13-4-3-5-15(21)10-13/h3-11H,2,12H2,1H3. The highest BCUT2D eigenvalue weighted by molar-refractivity contribution is 9.10. The molecule has 4 rings (SSSR count). The monoisotopic (exact) mass is 414 g/mol. The summed E-state index contributed by atoms with van der Waals surface area (Å²) in [7, 11) is 0. The Morgan fingerprint density at radius 1 is 1.16 bits per heavy atom. The first-order valence-electron chi connectivity index (χ1n) is 8.07. The lowest BCUT2D eigenvalue weighted by Crippen LogP contribution is -2.08. The van der Waals surface area contributed by atoms with Crippen LogP contribution < -0.4 is 0 Å². The smallest absolute Gasteiger partial charge is 0.140 e. The number of halogens is 2. The van der Waals surface area contributed by atoms with Crippen LogP contribution >= 0.6 is 27.5 Å². The summed E-state index contributed by atoms with van der Waals surface area (Å²) in [5, 5.41) is 0.706. The van der Waals surface area contributed by atoms with E-state index in [-0.39, 0.29) is 0 Å². The molecule has 0 saturated carbocycles. The van der Waals surface area contributed by atoms with Crippen molar-refractivity contribution in [1.29, 1.82) is 0 Å². The first kappa shape index (κ1) is 16.4. The van der Waals surface area contributed by atoms with Gasteiger partial charge >= 0.3 is 0 Å². The van der Waals surface area contributed by atoms with E-state index >= 15 is 0 Å². The van der Waals surface area contributed by atoms with E-state index in [1.54, 1.807) is 0 Å². The van der Waals surface area contributed by atoms with Crippen LogP contribution in [-0.2, 0) is 13.1 Å². The fourth-order valence-corrected chi connectivity index (χ4v) is 3.64. The lowest BCUT2D eigenvalue weighted by molar-refractivity contribution is 0.667. The van der Waals surface area contributed by atoms with Crippen LogP contribution in [0.1, 0.15) is 12.7 Å². The zero-order valence-corrected chi connectivity index (χ0v) is 16.0. The number of fused-ring (bicyclic) bond motifs is 1.